The number of carbonyl (C=O) groups is 2. The van der Waals surface area contributed by atoms with E-state index in [2.05, 4.69) is 0 Å². The molecule has 0 amide bonds. The highest BCUT2D eigenvalue weighted by molar-refractivity contribution is 5.73. The highest BCUT2D eigenvalue weighted by atomic mass is 16.7. The van der Waals surface area contributed by atoms with Crippen molar-refractivity contribution in [1.29, 1.82) is 0 Å². The predicted octanol–water partition coefficient (Wildman–Crippen LogP) is -1.64. The number of likely N-dealkylation sites (N-methyl/N-ethyl adjacent to an activating group) is 1. The van der Waals surface area contributed by atoms with Crippen LogP contribution < -0.4 is 0 Å². The van der Waals surface area contributed by atoms with Crippen LogP contribution in [0.25, 0.3) is 0 Å². The number of aliphatic carboxylic acids is 2. The van der Waals surface area contributed by atoms with Crippen molar-refractivity contribution >= 4 is 11.9 Å². The smallest absolute Gasteiger partial charge is 0.359 e. The third-order valence-electron chi connectivity index (χ3n) is 3.84. The van der Waals surface area contributed by atoms with Crippen LogP contribution in [-0.4, -0.2) is 110 Å². The lowest BCUT2D eigenvalue weighted by Gasteiger charge is -2.41. The van der Waals surface area contributed by atoms with Crippen molar-refractivity contribution in [3.05, 3.63) is 0 Å². The lowest BCUT2D eigenvalue weighted by molar-refractivity contribution is -0.883. The number of methoxy groups -OCH3 is 2. The molecule has 1 saturated heterocycles. The van der Waals surface area contributed by atoms with E-state index in [-0.39, 0.29) is 17.6 Å². The molecular formula is C14H26NO9+. The van der Waals surface area contributed by atoms with Gasteiger partial charge < -0.3 is 38.8 Å². The minimum Gasteiger partial charge on any atom is -0.479 e. The maximum Gasteiger partial charge on any atom is 0.359 e. The average Bonchev–Trinajstić information content (AvgIpc) is 2.46. The van der Waals surface area contributed by atoms with Gasteiger partial charge >= 0.3 is 11.9 Å². The van der Waals surface area contributed by atoms with Gasteiger partial charge in [0.15, 0.2) is 18.9 Å². The summed E-state index contributed by atoms with van der Waals surface area (Å²) in [5.41, 5.74) is 0. The minimum atomic E-state index is -1.38. The normalized spacial score (nSPS) is 31.0. The Bertz CT molecular complexity index is 442. The number of hydrogen-bond acceptors (Lipinski definition) is 7. The quantitative estimate of drug-likeness (QED) is 0.418. The first kappa shape index (κ1) is 20.7. The summed E-state index contributed by atoms with van der Waals surface area (Å²) in [6, 6.07) is 0. The summed E-state index contributed by atoms with van der Waals surface area (Å²) >= 11 is 0. The van der Waals surface area contributed by atoms with Crippen LogP contribution in [0.2, 0.25) is 0 Å². The number of aliphatic hydroxyl groups excluding tert-OH is 1. The predicted molar refractivity (Wildman–Crippen MR) is 79.3 cm³/mol. The average molecular weight is 352 g/mol. The second kappa shape index (κ2) is 8.70. The maximum absolute atomic E-state index is 11.2. The number of ether oxygens (including phenoxy) is 4. The maximum atomic E-state index is 11.2. The first-order valence-corrected chi connectivity index (χ1v) is 7.40. The van der Waals surface area contributed by atoms with Gasteiger partial charge in [-0.05, 0) is 0 Å². The van der Waals surface area contributed by atoms with Gasteiger partial charge in [-0.3, -0.25) is 0 Å². The van der Waals surface area contributed by atoms with Gasteiger partial charge in [0.25, 0.3) is 0 Å². The van der Waals surface area contributed by atoms with Crippen LogP contribution in [0.3, 0.4) is 0 Å². The molecule has 0 aromatic rings. The molecule has 0 saturated carbocycles. The van der Waals surface area contributed by atoms with Crippen LogP contribution in [-0.2, 0) is 28.5 Å². The Labute approximate surface area is 140 Å². The molecule has 1 fully saturated rings. The molecule has 1 heterocycles. The van der Waals surface area contributed by atoms with Crippen LogP contribution in [0.15, 0.2) is 0 Å². The molecule has 3 N–H and O–H groups in total. The molecule has 2 unspecified atom stereocenters. The third-order valence-corrected chi connectivity index (χ3v) is 3.84. The van der Waals surface area contributed by atoms with Gasteiger partial charge in [0, 0.05) is 14.2 Å². The molecule has 1 aliphatic heterocycles. The molecule has 5 atom stereocenters. The van der Waals surface area contributed by atoms with Crippen molar-refractivity contribution in [2.45, 2.75) is 30.7 Å². The summed E-state index contributed by atoms with van der Waals surface area (Å²) in [5, 5.41) is 28.4. The van der Waals surface area contributed by atoms with Crippen LogP contribution in [0.1, 0.15) is 0 Å². The summed E-state index contributed by atoms with van der Waals surface area (Å²) in [4.78, 5) is 22.0. The standard InChI is InChI=1S/C14H25NO9/c1-15(2,7-8(16)17)5-6-23-11-9(18)10(21-3)12(13(19)20)24-14(11)22-4/h9-12,14,18H,5-7H2,1-4H3,(H-,16,17,19,20)/p+1/t9?,10-,11+,12?,14+/m0/s1. The second-order valence-electron chi connectivity index (χ2n) is 6.24. The van der Waals surface area contributed by atoms with Crippen LogP contribution >= 0.6 is 0 Å². The zero-order chi connectivity index (χ0) is 18.5. The summed E-state index contributed by atoms with van der Waals surface area (Å²) in [7, 11) is 6.05. The SMILES string of the molecule is CO[C@@H]1C(C(=O)O)O[C@@H](OC)[C@H](OCC[N+](C)(C)CC(=O)O)C1O. The Kier molecular flexibility index (Phi) is 7.52. The zero-order valence-corrected chi connectivity index (χ0v) is 14.2. The fourth-order valence-corrected chi connectivity index (χ4v) is 2.54. The zero-order valence-electron chi connectivity index (χ0n) is 14.2. The Morgan fingerprint density at radius 3 is 2.21 bits per heavy atom. The second-order valence-corrected chi connectivity index (χ2v) is 6.24. The molecule has 0 bridgehead atoms. The summed E-state index contributed by atoms with van der Waals surface area (Å²) in [5.74, 6) is -2.21. The monoisotopic (exact) mass is 352 g/mol. The topological polar surface area (TPSA) is 132 Å². The van der Waals surface area contributed by atoms with E-state index >= 15 is 0 Å². The van der Waals surface area contributed by atoms with Crippen molar-refractivity contribution in [3.8, 4) is 0 Å². The molecule has 24 heavy (non-hydrogen) atoms. The van der Waals surface area contributed by atoms with Crippen molar-refractivity contribution in [1.82, 2.24) is 0 Å². The molecule has 0 aromatic carbocycles. The highest BCUT2D eigenvalue weighted by Gasteiger charge is 2.49. The molecule has 0 spiro atoms. The number of carboxylic acids is 2. The van der Waals surface area contributed by atoms with E-state index < -0.39 is 42.6 Å². The van der Waals surface area contributed by atoms with E-state index in [0.717, 1.165) is 0 Å². The van der Waals surface area contributed by atoms with E-state index in [1.807, 2.05) is 0 Å². The fourth-order valence-electron chi connectivity index (χ4n) is 2.54. The summed E-state index contributed by atoms with van der Waals surface area (Å²) < 4.78 is 21.2. The van der Waals surface area contributed by atoms with Gasteiger partial charge in [0.1, 0.15) is 24.9 Å². The summed E-state index contributed by atoms with van der Waals surface area (Å²) in [6.07, 6.45) is -5.80. The molecule has 140 valence electrons. The first-order valence-electron chi connectivity index (χ1n) is 7.40. The summed E-state index contributed by atoms with van der Waals surface area (Å²) in [6.45, 7) is 0.411. The van der Waals surface area contributed by atoms with Crippen LogP contribution in [0, 0.1) is 0 Å². The van der Waals surface area contributed by atoms with Gasteiger partial charge in [0.05, 0.1) is 20.7 Å². The van der Waals surface area contributed by atoms with E-state index in [4.69, 9.17) is 29.2 Å². The number of hydrogen-bond donors (Lipinski definition) is 3. The third kappa shape index (κ3) is 5.36. The van der Waals surface area contributed by atoms with Crippen molar-refractivity contribution < 1.29 is 48.3 Å². The molecule has 1 aliphatic rings. The Hall–Kier alpha value is -1.30. The molecule has 10 heteroatoms. The van der Waals surface area contributed by atoms with Gasteiger partial charge in [-0.2, -0.15) is 0 Å². The Morgan fingerprint density at radius 1 is 1.12 bits per heavy atom. The lowest BCUT2D eigenvalue weighted by atomic mass is 9.98. The van der Waals surface area contributed by atoms with Gasteiger partial charge in [-0.1, -0.05) is 0 Å². The van der Waals surface area contributed by atoms with Crippen molar-refractivity contribution in [2.75, 3.05) is 48.0 Å². The van der Waals surface area contributed by atoms with Gasteiger partial charge in [-0.25, -0.2) is 9.59 Å². The molecule has 0 radical (unpaired) electrons. The van der Waals surface area contributed by atoms with E-state index in [9.17, 15) is 14.7 Å². The largest absolute Gasteiger partial charge is 0.479 e. The van der Waals surface area contributed by atoms with Crippen molar-refractivity contribution in [3.63, 3.8) is 0 Å². The molecule has 0 aromatic heterocycles. The van der Waals surface area contributed by atoms with E-state index in [1.165, 1.54) is 14.2 Å². The minimum absolute atomic E-state index is 0.0808. The highest BCUT2D eigenvalue weighted by Crippen LogP contribution is 2.26. The lowest BCUT2D eigenvalue weighted by Crippen LogP contribution is -2.62. The molecule has 1 rings (SSSR count). The van der Waals surface area contributed by atoms with E-state index in [0.29, 0.717) is 6.54 Å². The number of aliphatic hydroxyl groups is 1. The molecule has 0 aliphatic carbocycles. The van der Waals surface area contributed by atoms with Gasteiger partial charge in [-0.15, -0.1) is 0 Å². The van der Waals surface area contributed by atoms with E-state index in [1.54, 1.807) is 14.1 Å². The molecular weight excluding hydrogens is 326 g/mol. The van der Waals surface area contributed by atoms with Crippen LogP contribution in [0.5, 0.6) is 0 Å². The Balaban J connectivity index is 2.71. The molecule has 10 nitrogen and oxygen atoms in total. The number of nitrogens with zero attached hydrogens (tertiary/aromatic N) is 1. The number of quaternary nitrogens is 1. The van der Waals surface area contributed by atoms with Crippen LogP contribution in [0.4, 0.5) is 0 Å². The van der Waals surface area contributed by atoms with Crippen molar-refractivity contribution in [2.24, 2.45) is 0 Å². The van der Waals surface area contributed by atoms with Gasteiger partial charge in [0.2, 0.25) is 0 Å². The number of rotatable bonds is 9. The number of carboxylic acid groups (broad SMARTS) is 2. The Morgan fingerprint density at radius 2 is 1.75 bits per heavy atom. The first-order chi connectivity index (χ1) is 11.1. The fraction of sp³-hybridized carbons (Fsp3) is 0.857.